The summed E-state index contributed by atoms with van der Waals surface area (Å²) < 4.78 is 0. The van der Waals surface area contributed by atoms with Crippen LogP contribution in [0.15, 0.2) is 11.4 Å². The molecular formula is C8H13NO2S. The van der Waals surface area contributed by atoms with Crippen molar-refractivity contribution in [3.63, 3.8) is 0 Å². The molecule has 1 heterocycles. The van der Waals surface area contributed by atoms with Crippen LogP contribution in [0.4, 0.5) is 0 Å². The molecule has 0 aliphatic heterocycles. The number of nitrogens with two attached hydrogens (primary N) is 1. The van der Waals surface area contributed by atoms with Gasteiger partial charge in [-0.3, -0.25) is 0 Å². The van der Waals surface area contributed by atoms with Gasteiger partial charge >= 0.3 is 0 Å². The highest BCUT2D eigenvalue weighted by molar-refractivity contribution is 7.10. The van der Waals surface area contributed by atoms with Crippen molar-refractivity contribution in [3.05, 3.63) is 21.9 Å². The minimum atomic E-state index is -0.742. The first-order chi connectivity index (χ1) is 5.65. The Balaban J connectivity index is 2.70. The lowest BCUT2D eigenvalue weighted by molar-refractivity contribution is 0.112. The maximum atomic E-state index is 9.53. The molecule has 3 nitrogen and oxygen atoms in total. The van der Waals surface area contributed by atoms with Crippen LogP contribution in [0, 0.1) is 6.92 Å². The Morgan fingerprint density at radius 2 is 2.33 bits per heavy atom. The average Bonchev–Trinajstić information content (AvgIpc) is 2.49. The number of rotatable bonds is 3. The molecule has 0 spiro atoms. The molecule has 4 heteroatoms. The van der Waals surface area contributed by atoms with E-state index in [1.807, 2.05) is 18.4 Å². The van der Waals surface area contributed by atoms with Gasteiger partial charge in [0.2, 0.25) is 0 Å². The van der Waals surface area contributed by atoms with E-state index in [0.29, 0.717) is 0 Å². The molecule has 0 bridgehead atoms. The van der Waals surface area contributed by atoms with Crippen LogP contribution in [0.25, 0.3) is 0 Å². The van der Waals surface area contributed by atoms with Crippen molar-refractivity contribution in [2.24, 2.45) is 5.73 Å². The monoisotopic (exact) mass is 187 g/mol. The van der Waals surface area contributed by atoms with Crippen molar-refractivity contribution in [2.75, 3.05) is 6.61 Å². The molecule has 2 unspecified atom stereocenters. The van der Waals surface area contributed by atoms with E-state index in [2.05, 4.69) is 0 Å². The summed E-state index contributed by atoms with van der Waals surface area (Å²) in [4.78, 5) is 0.814. The standard InChI is InChI=1S/C8H13NO2S/c1-5-2-7(12-4-5)8(11)6(9)3-10/h2,4,6,8,10-11H,3,9H2,1H3. The second kappa shape index (κ2) is 4.00. The van der Waals surface area contributed by atoms with Crippen LogP contribution in [0.5, 0.6) is 0 Å². The van der Waals surface area contributed by atoms with Crippen LogP contribution in [-0.2, 0) is 0 Å². The molecule has 0 saturated carbocycles. The number of aliphatic hydroxyl groups is 2. The summed E-state index contributed by atoms with van der Waals surface area (Å²) in [6.07, 6.45) is -0.742. The van der Waals surface area contributed by atoms with Gasteiger partial charge in [-0.1, -0.05) is 0 Å². The predicted octanol–water partition coefficient (Wildman–Crippen LogP) is 0.410. The Labute approximate surface area is 75.5 Å². The Bertz CT molecular complexity index is 249. The molecule has 68 valence electrons. The highest BCUT2D eigenvalue weighted by atomic mass is 32.1. The van der Waals surface area contributed by atoms with Gasteiger partial charge in [0, 0.05) is 4.88 Å². The third-order valence-corrected chi connectivity index (χ3v) is 2.78. The van der Waals surface area contributed by atoms with Crippen LogP contribution in [0.3, 0.4) is 0 Å². The summed E-state index contributed by atoms with van der Waals surface area (Å²) in [5, 5.41) is 20.2. The smallest absolute Gasteiger partial charge is 0.105 e. The van der Waals surface area contributed by atoms with Crippen molar-refractivity contribution in [3.8, 4) is 0 Å². The van der Waals surface area contributed by atoms with Gasteiger partial charge in [-0.25, -0.2) is 0 Å². The van der Waals surface area contributed by atoms with Crippen LogP contribution >= 0.6 is 11.3 Å². The van der Waals surface area contributed by atoms with Gasteiger partial charge in [-0.15, -0.1) is 11.3 Å². The summed E-state index contributed by atoms with van der Waals surface area (Å²) in [5.41, 5.74) is 6.57. The maximum absolute atomic E-state index is 9.53. The van der Waals surface area contributed by atoms with E-state index < -0.39 is 12.1 Å². The number of hydrogen-bond donors (Lipinski definition) is 3. The zero-order valence-corrected chi connectivity index (χ0v) is 7.71. The third kappa shape index (κ3) is 2.04. The minimum Gasteiger partial charge on any atom is -0.395 e. The molecule has 4 N–H and O–H groups in total. The lowest BCUT2D eigenvalue weighted by Gasteiger charge is -2.14. The fraction of sp³-hybridized carbons (Fsp3) is 0.500. The van der Waals surface area contributed by atoms with Crippen LogP contribution in [0.1, 0.15) is 16.5 Å². The van der Waals surface area contributed by atoms with E-state index in [1.165, 1.54) is 11.3 Å². The van der Waals surface area contributed by atoms with Crippen molar-refractivity contribution in [1.29, 1.82) is 0 Å². The van der Waals surface area contributed by atoms with Crippen molar-refractivity contribution >= 4 is 11.3 Å². The quantitative estimate of drug-likeness (QED) is 0.642. The molecule has 1 rings (SSSR count). The summed E-state index contributed by atoms with van der Waals surface area (Å²) in [6.45, 7) is 1.76. The van der Waals surface area contributed by atoms with Gasteiger partial charge in [-0.05, 0) is 23.9 Å². The predicted molar refractivity (Wildman–Crippen MR) is 49.1 cm³/mol. The van der Waals surface area contributed by atoms with E-state index in [-0.39, 0.29) is 6.61 Å². The van der Waals surface area contributed by atoms with Gasteiger partial charge in [0.15, 0.2) is 0 Å². The molecule has 0 aliphatic carbocycles. The van der Waals surface area contributed by atoms with Gasteiger partial charge in [0.25, 0.3) is 0 Å². The molecule has 2 atom stereocenters. The topological polar surface area (TPSA) is 66.5 Å². The molecule has 0 amide bonds. The largest absolute Gasteiger partial charge is 0.395 e. The first-order valence-corrected chi connectivity index (χ1v) is 4.62. The Morgan fingerprint density at radius 3 is 2.75 bits per heavy atom. The Kier molecular flexibility index (Phi) is 3.22. The molecule has 1 aromatic heterocycles. The molecule has 0 radical (unpaired) electrons. The zero-order chi connectivity index (χ0) is 9.14. The van der Waals surface area contributed by atoms with E-state index in [0.717, 1.165) is 10.4 Å². The molecule has 0 aromatic carbocycles. The van der Waals surface area contributed by atoms with E-state index in [4.69, 9.17) is 10.8 Å². The van der Waals surface area contributed by atoms with Crippen LogP contribution < -0.4 is 5.73 Å². The molecule has 12 heavy (non-hydrogen) atoms. The second-order valence-corrected chi connectivity index (χ2v) is 3.76. The lowest BCUT2D eigenvalue weighted by atomic mass is 10.1. The number of hydrogen-bond acceptors (Lipinski definition) is 4. The summed E-state index contributed by atoms with van der Waals surface area (Å²) >= 11 is 1.46. The summed E-state index contributed by atoms with van der Waals surface area (Å²) in [7, 11) is 0. The fourth-order valence-electron chi connectivity index (χ4n) is 0.919. The van der Waals surface area contributed by atoms with Gasteiger partial charge in [-0.2, -0.15) is 0 Å². The second-order valence-electron chi connectivity index (χ2n) is 2.82. The summed E-state index contributed by atoms with van der Waals surface area (Å²) in [5.74, 6) is 0. The van der Waals surface area contributed by atoms with E-state index in [1.54, 1.807) is 0 Å². The summed E-state index contributed by atoms with van der Waals surface area (Å²) in [6, 6.07) is 1.30. The number of thiophene rings is 1. The normalized spacial score (nSPS) is 16.0. The van der Waals surface area contributed by atoms with Gasteiger partial charge < -0.3 is 15.9 Å². The first kappa shape index (κ1) is 9.67. The molecule has 0 fully saturated rings. The van der Waals surface area contributed by atoms with Crippen LogP contribution in [0.2, 0.25) is 0 Å². The van der Waals surface area contributed by atoms with Crippen molar-refractivity contribution < 1.29 is 10.2 Å². The first-order valence-electron chi connectivity index (χ1n) is 3.74. The lowest BCUT2D eigenvalue weighted by Crippen LogP contribution is -2.31. The van der Waals surface area contributed by atoms with Crippen molar-refractivity contribution in [2.45, 2.75) is 19.1 Å². The number of aliphatic hydroxyl groups excluding tert-OH is 2. The van der Waals surface area contributed by atoms with E-state index >= 15 is 0 Å². The van der Waals surface area contributed by atoms with Gasteiger partial charge in [0.05, 0.1) is 12.6 Å². The third-order valence-electron chi connectivity index (χ3n) is 1.66. The minimum absolute atomic E-state index is 0.196. The SMILES string of the molecule is Cc1csc(C(O)C(N)CO)c1. The molecular weight excluding hydrogens is 174 g/mol. The molecule has 0 saturated heterocycles. The highest BCUT2D eigenvalue weighted by Gasteiger charge is 2.16. The Morgan fingerprint density at radius 1 is 1.67 bits per heavy atom. The highest BCUT2D eigenvalue weighted by Crippen LogP contribution is 2.23. The van der Waals surface area contributed by atoms with Crippen molar-refractivity contribution in [1.82, 2.24) is 0 Å². The Hall–Kier alpha value is -0.420. The molecule has 1 aromatic rings. The van der Waals surface area contributed by atoms with Crippen LogP contribution in [-0.4, -0.2) is 22.9 Å². The number of aryl methyl sites for hydroxylation is 1. The fourth-order valence-corrected chi connectivity index (χ4v) is 1.88. The molecule has 0 aliphatic rings. The zero-order valence-electron chi connectivity index (χ0n) is 6.90. The van der Waals surface area contributed by atoms with Gasteiger partial charge in [0.1, 0.15) is 6.10 Å². The maximum Gasteiger partial charge on any atom is 0.105 e. The average molecular weight is 187 g/mol. The van der Waals surface area contributed by atoms with E-state index in [9.17, 15) is 5.11 Å².